The molecule has 1 fully saturated rings. The predicted octanol–water partition coefficient (Wildman–Crippen LogP) is 2.42. The molecule has 0 spiro atoms. The fourth-order valence-electron chi connectivity index (χ4n) is 3.29. The molecule has 0 radical (unpaired) electrons. The molecule has 11 heteroatoms. The lowest BCUT2D eigenvalue weighted by molar-refractivity contribution is 0.581. The number of hydrogen-bond donors (Lipinski definition) is 1. The summed E-state index contributed by atoms with van der Waals surface area (Å²) in [6, 6.07) is 8.47. The van der Waals surface area contributed by atoms with Crippen molar-refractivity contribution in [2.45, 2.75) is 5.75 Å². The number of halogens is 2. The van der Waals surface area contributed by atoms with Crippen molar-refractivity contribution in [3.63, 3.8) is 0 Å². The molecule has 2 aromatic heterocycles. The molecule has 1 aliphatic heterocycles. The molecule has 0 aliphatic carbocycles. The zero-order valence-corrected chi connectivity index (χ0v) is 17.3. The third kappa shape index (κ3) is 5.23. The first-order valence-electron chi connectivity index (χ1n) is 9.57. The van der Waals surface area contributed by atoms with E-state index < -0.39 is 27.4 Å². The first kappa shape index (κ1) is 20.9. The van der Waals surface area contributed by atoms with Gasteiger partial charge in [0.15, 0.2) is 0 Å². The summed E-state index contributed by atoms with van der Waals surface area (Å²) in [5.74, 6) is -0.790. The zero-order valence-electron chi connectivity index (χ0n) is 16.4. The standard InChI is InChI=1S/C20H20F2N6O2S/c21-16-4-5-18(22)15(11-16)14-31(29,30)26-17-12-24-20(25-13-17)28-9-7-27(8-10-28)19-3-1-2-6-23-19/h1-6,11-13,26H,7-10,14H2. The lowest BCUT2D eigenvalue weighted by Gasteiger charge is -2.35. The second-order valence-corrected chi connectivity index (χ2v) is 8.75. The number of nitrogens with zero attached hydrogens (tertiary/aromatic N) is 5. The van der Waals surface area contributed by atoms with Gasteiger partial charge in [0, 0.05) is 37.9 Å². The Balaban J connectivity index is 1.36. The fourth-order valence-corrected chi connectivity index (χ4v) is 4.46. The predicted molar refractivity (Wildman–Crippen MR) is 113 cm³/mol. The van der Waals surface area contributed by atoms with E-state index in [2.05, 4.69) is 24.6 Å². The SMILES string of the molecule is O=S(=O)(Cc1cc(F)ccc1F)Nc1cnc(N2CCN(c3ccccn3)CC2)nc1. The Morgan fingerprint density at radius 3 is 2.32 bits per heavy atom. The highest BCUT2D eigenvalue weighted by Gasteiger charge is 2.20. The van der Waals surface area contributed by atoms with Crippen LogP contribution in [-0.2, 0) is 15.8 Å². The van der Waals surface area contributed by atoms with Crippen molar-refractivity contribution in [1.29, 1.82) is 0 Å². The number of rotatable bonds is 6. The second kappa shape index (κ2) is 8.80. The summed E-state index contributed by atoms with van der Waals surface area (Å²) in [7, 11) is -3.97. The molecule has 8 nitrogen and oxygen atoms in total. The van der Waals surface area contributed by atoms with Crippen LogP contribution in [0, 0.1) is 11.6 Å². The van der Waals surface area contributed by atoms with E-state index in [1.165, 1.54) is 12.4 Å². The molecule has 1 aromatic carbocycles. The van der Waals surface area contributed by atoms with Crippen LogP contribution < -0.4 is 14.5 Å². The Morgan fingerprint density at radius 1 is 0.935 bits per heavy atom. The minimum Gasteiger partial charge on any atom is -0.353 e. The number of benzene rings is 1. The summed E-state index contributed by atoms with van der Waals surface area (Å²) in [5.41, 5.74) is -0.108. The van der Waals surface area contributed by atoms with Gasteiger partial charge < -0.3 is 9.80 Å². The topological polar surface area (TPSA) is 91.3 Å². The normalized spacial score (nSPS) is 14.5. The van der Waals surface area contributed by atoms with E-state index in [0.717, 1.165) is 37.1 Å². The van der Waals surface area contributed by atoms with E-state index >= 15 is 0 Å². The van der Waals surface area contributed by atoms with Gasteiger partial charge in [-0.3, -0.25) is 4.72 Å². The molecule has 1 aliphatic rings. The van der Waals surface area contributed by atoms with Crippen molar-refractivity contribution >= 4 is 27.5 Å². The molecular weight excluding hydrogens is 426 g/mol. The van der Waals surface area contributed by atoms with Crippen LogP contribution in [0.5, 0.6) is 0 Å². The van der Waals surface area contributed by atoms with Crippen LogP contribution in [0.1, 0.15) is 5.56 Å². The van der Waals surface area contributed by atoms with Crippen molar-refractivity contribution in [3.05, 3.63) is 72.2 Å². The van der Waals surface area contributed by atoms with Crippen LogP contribution in [0.2, 0.25) is 0 Å². The lowest BCUT2D eigenvalue weighted by atomic mass is 10.2. The van der Waals surface area contributed by atoms with Gasteiger partial charge in [-0.25, -0.2) is 32.2 Å². The maximum absolute atomic E-state index is 13.7. The molecule has 31 heavy (non-hydrogen) atoms. The van der Waals surface area contributed by atoms with Gasteiger partial charge in [-0.1, -0.05) is 6.07 Å². The Morgan fingerprint density at radius 2 is 1.65 bits per heavy atom. The van der Waals surface area contributed by atoms with Gasteiger partial charge in [0.2, 0.25) is 16.0 Å². The highest BCUT2D eigenvalue weighted by atomic mass is 32.2. The van der Waals surface area contributed by atoms with E-state index in [1.807, 2.05) is 23.1 Å². The van der Waals surface area contributed by atoms with Crippen LogP contribution in [0.15, 0.2) is 55.0 Å². The minimum absolute atomic E-state index is 0.146. The van der Waals surface area contributed by atoms with Crippen molar-refractivity contribution in [3.8, 4) is 0 Å². The Hall–Kier alpha value is -3.34. The zero-order chi connectivity index (χ0) is 21.8. The molecule has 0 bridgehead atoms. The molecule has 4 rings (SSSR count). The highest BCUT2D eigenvalue weighted by molar-refractivity contribution is 7.91. The third-order valence-corrected chi connectivity index (χ3v) is 6.04. The maximum atomic E-state index is 13.7. The van der Waals surface area contributed by atoms with Crippen LogP contribution in [0.4, 0.5) is 26.2 Å². The molecule has 1 saturated heterocycles. The Labute approximate surface area is 178 Å². The molecule has 162 valence electrons. The second-order valence-electron chi connectivity index (χ2n) is 7.03. The van der Waals surface area contributed by atoms with E-state index in [-0.39, 0.29) is 11.3 Å². The van der Waals surface area contributed by atoms with E-state index in [4.69, 9.17) is 0 Å². The molecule has 0 amide bonds. The number of anilines is 3. The first-order chi connectivity index (χ1) is 14.9. The first-order valence-corrected chi connectivity index (χ1v) is 11.2. The smallest absolute Gasteiger partial charge is 0.237 e. The highest BCUT2D eigenvalue weighted by Crippen LogP contribution is 2.18. The molecule has 0 unspecified atom stereocenters. The van der Waals surface area contributed by atoms with Crippen molar-refractivity contribution in [1.82, 2.24) is 15.0 Å². The van der Waals surface area contributed by atoms with Crippen LogP contribution in [0.3, 0.4) is 0 Å². The Kier molecular flexibility index (Phi) is 5.94. The summed E-state index contributed by atoms with van der Waals surface area (Å²) < 4.78 is 53.9. The lowest BCUT2D eigenvalue weighted by Crippen LogP contribution is -2.47. The number of nitrogens with one attached hydrogen (secondary N) is 1. The van der Waals surface area contributed by atoms with Crippen LogP contribution >= 0.6 is 0 Å². The van der Waals surface area contributed by atoms with Crippen molar-refractivity contribution < 1.29 is 17.2 Å². The Bertz CT molecular complexity index is 1140. The fraction of sp³-hybridized carbons (Fsp3) is 0.250. The minimum atomic E-state index is -3.97. The summed E-state index contributed by atoms with van der Waals surface area (Å²) in [6.45, 7) is 2.91. The van der Waals surface area contributed by atoms with Crippen molar-refractivity contribution in [2.24, 2.45) is 0 Å². The average Bonchev–Trinajstić information content (AvgIpc) is 2.77. The van der Waals surface area contributed by atoms with Gasteiger partial charge in [-0.15, -0.1) is 0 Å². The van der Waals surface area contributed by atoms with Gasteiger partial charge in [-0.05, 0) is 30.3 Å². The van der Waals surface area contributed by atoms with Crippen LogP contribution in [-0.4, -0.2) is 49.5 Å². The maximum Gasteiger partial charge on any atom is 0.237 e. The van der Waals surface area contributed by atoms with E-state index in [0.29, 0.717) is 19.0 Å². The molecule has 0 atom stereocenters. The molecule has 0 saturated carbocycles. The summed E-state index contributed by atoms with van der Waals surface area (Å²) in [5, 5.41) is 0. The number of pyridine rings is 1. The summed E-state index contributed by atoms with van der Waals surface area (Å²) in [4.78, 5) is 17.0. The number of aromatic nitrogens is 3. The molecule has 3 heterocycles. The largest absolute Gasteiger partial charge is 0.353 e. The van der Waals surface area contributed by atoms with Crippen molar-refractivity contribution in [2.75, 3.05) is 40.7 Å². The van der Waals surface area contributed by atoms with Gasteiger partial charge in [0.05, 0.1) is 23.8 Å². The number of piperazine rings is 1. The molecule has 1 N–H and O–H groups in total. The quantitative estimate of drug-likeness (QED) is 0.622. The van der Waals surface area contributed by atoms with Gasteiger partial charge in [0.1, 0.15) is 17.5 Å². The van der Waals surface area contributed by atoms with Crippen LogP contribution in [0.25, 0.3) is 0 Å². The van der Waals surface area contributed by atoms with Gasteiger partial charge in [-0.2, -0.15) is 0 Å². The number of hydrogen-bond acceptors (Lipinski definition) is 7. The summed E-state index contributed by atoms with van der Waals surface area (Å²) in [6.07, 6.45) is 4.47. The van der Waals surface area contributed by atoms with Gasteiger partial charge >= 0.3 is 0 Å². The number of sulfonamides is 1. The van der Waals surface area contributed by atoms with E-state index in [9.17, 15) is 17.2 Å². The molecular formula is C20H20F2N6O2S. The average molecular weight is 446 g/mol. The van der Waals surface area contributed by atoms with Gasteiger partial charge in [0.25, 0.3) is 0 Å². The van der Waals surface area contributed by atoms with E-state index in [1.54, 1.807) is 6.20 Å². The summed E-state index contributed by atoms with van der Waals surface area (Å²) >= 11 is 0. The third-order valence-electron chi connectivity index (χ3n) is 4.80. The monoisotopic (exact) mass is 446 g/mol. The molecule has 3 aromatic rings.